The molecule has 2 heterocycles. The van der Waals surface area contributed by atoms with E-state index >= 15 is 0 Å². The van der Waals surface area contributed by atoms with Gasteiger partial charge in [-0.05, 0) is 125 Å². The zero-order chi connectivity index (χ0) is 31.2. The second-order valence-corrected chi connectivity index (χ2v) is 13.8. The summed E-state index contributed by atoms with van der Waals surface area (Å²) in [6.45, 7) is 8.36. The Morgan fingerprint density at radius 3 is 1.96 bits per heavy atom. The smallest absolute Gasteiger partial charge is 0.456 e. The molecule has 0 atom stereocenters. The predicted molar refractivity (Wildman–Crippen MR) is 193 cm³/mol. The highest BCUT2D eigenvalue weighted by molar-refractivity contribution is 6.66. The van der Waals surface area contributed by atoms with Crippen molar-refractivity contribution in [2.24, 2.45) is 0 Å². The van der Waals surface area contributed by atoms with Gasteiger partial charge in [-0.25, -0.2) is 0 Å². The summed E-state index contributed by atoms with van der Waals surface area (Å²) >= 11 is 0. The van der Waals surface area contributed by atoms with Gasteiger partial charge in [0.05, 0.1) is 11.2 Å². The monoisotopic (exact) mass is 598 g/mol. The van der Waals surface area contributed by atoms with Gasteiger partial charge in [0.1, 0.15) is 11.2 Å². The van der Waals surface area contributed by atoms with Crippen molar-refractivity contribution in [1.82, 2.24) is 0 Å². The molecule has 0 N–H and O–H groups in total. The van der Waals surface area contributed by atoms with Crippen molar-refractivity contribution in [1.29, 1.82) is 0 Å². The van der Waals surface area contributed by atoms with E-state index in [4.69, 9.17) is 13.7 Å². The fraction of sp³-hybridized carbons (Fsp3) is 0.190. The lowest BCUT2D eigenvalue weighted by Crippen LogP contribution is -2.41. The molecule has 4 heteroatoms. The highest BCUT2D eigenvalue weighted by Gasteiger charge is 2.52. The molecule has 224 valence electrons. The molecule has 46 heavy (non-hydrogen) atoms. The highest BCUT2D eigenvalue weighted by atomic mass is 16.7. The Hall–Kier alpha value is -4.64. The lowest BCUT2D eigenvalue weighted by atomic mass is 9.76. The Morgan fingerprint density at radius 2 is 1.22 bits per heavy atom. The molecule has 0 spiro atoms. The van der Waals surface area contributed by atoms with Crippen LogP contribution in [-0.2, 0) is 15.7 Å². The predicted octanol–water partition coefficient (Wildman–Crippen LogP) is 10.5. The summed E-state index contributed by atoms with van der Waals surface area (Å²) in [7, 11) is -0.460. The zero-order valence-corrected chi connectivity index (χ0v) is 26.7. The second kappa shape index (κ2) is 9.93. The first-order valence-corrected chi connectivity index (χ1v) is 16.3. The van der Waals surface area contributed by atoms with Gasteiger partial charge >= 0.3 is 7.12 Å². The van der Waals surface area contributed by atoms with E-state index < -0.39 is 18.3 Å². The molecule has 6 aromatic carbocycles. The number of benzene rings is 6. The summed E-state index contributed by atoms with van der Waals surface area (Å²) in [6.07, 6.45) is 6.82. The van der Waals surface area contributed by atoms with E-state index in [0.717, 1.165) is 45.8 Å². The number of fused-ring (bicyclic) bond motifs is 9. The average Bonchev–Trinajstić information content (AvgIpc) is 3.56. The standard InChI is InChI=1S/C42H35BO3/c1-41(2)42(3,4)46-43(45-41)37-14-9-15-39-40(37)36-25-29(21-23-38(36)44-39)27-18-16-26(17-19-27)28-20-22-34-32-12-6-5-10-30(32)31-11-7-8-13-33(31)35(34)24-28/h5,7-11,13-25H,6,12H2,1-4H3. The van der Waals surface area contributed by atoms with Gasteiger partial charge in [0.25, 0.3) is 0 Å². The summed E-state index contributed by atoms with van der Waals surface area (Å²) in [5.74, 6) is 0. The van der Waals surface area contributed by atoms with Crippen molar-refractivity contribution in [3.63, 3.8) is 0 Å². The fourth-order valence-electron chi connectivity index (χ4n) is 7.41. The lowest BCUT2D eigenvalue weighted by Gasteiger charge is -2.32. The molecule has 0 amide bonds. The number of rotatable bonds is 3. The van der Waals surface area contributed by atoms with Gasteiger partial charge in [0.2, 0.25) is 0 Å². The van der Waals surface area contributed by atoms with Crippen molar-refractivity contribution >= 4 is 62.1 Å². The Morgan fingerprint density at radius 1 is 0.565 bits per heavy atom. The molecule has 7 aromatic rings. The Labute approximate surface area is 269 Å². The van der Waals surface area contributed by atoms with E-state index in [1.807, 2.05) is 12.1 Å². The quantitative estimate of drug-likeness (QED) is 0.150. The number of allylic oxidation sites excluding steroid dienone is 1. The minimum atomic E-state index is -0.460. The summed E-state index contributed by atoms with van der Waals surface area (Å²) in [5, 5.41) is 7.50. The Bertz CT molecular complexity index is 2360. The van der Waals surface area contributed by atoms with Gasteiger partial charge < -0.3 is 13.7 Å². The molecular formula is C42H35BO3. The maximum absolute atomic E-state index is 6.46. The van der Waals surface area contributed by atoms with Crippen LogP contribution in [0.2, 0.25) is 0 Å². The minimum Gasteiger partial charge on any atom is -0.456 e. The SMILES string of the molecule is CC1(C)OB(c2cccc3oc4ccc(-c5ccc(-c6ccc7c8c(c9ccccc9c7c6)C=CCC8)cc5)cc4c23)OC1(C)C. The molecule has 1 aromatic heterocycles. The Balaban J connectivity index is 1.10. The van der Waals surface area contributed by atoms with E-state index in [2.05, 4.69) is 131 Å². The van der Waals surface area contributed by atoms with Crippen LogP contribution in [-0.4, -0.2) is 18.3 Å². The number of hydrogen-bond acceptors (Lipinski definition) is 3. The maximum Gasteiger partial charge on any atom is 0.495 e. The molecule has 3 nitrogen and oxygen atoms in total. The van der Waals surface area contributed by atoms with Gasteiger partial charge in [-0.2, -0.15) is 0 Å². The molecule has 0 saturated carbocycles. The molecule has 1 aliphatic carbocycles. The van der Waals surface area contributed by atoms with Crippen molar-refractivity contribution < 1.29 is 13.7 Å². The molecule has 0 bridgehead atoms. The van der Waals surface area contributed by atoms with Crippen LogP contribution in [0.5, 0.6) is 0 Å². The molecule has 0 radical (unpaired) electrons. The van der Waals surface area contributed by atoms with Gasteiger partial charge in [-0.1, -0.05) is 91.0 Å². The first-order chi connectivity index (χ1) is 22.3. The third-order valence-electron chi connectivity index (χ3n) is 10.6. The van der Waals surface area contributed by atoms with Gasteiger partial charge in [0, 0.05) is 10.8 Å². The zero-order valence-electron chi connectivity index (χ0n) is 26.7. The van der Waals surface area contributed by atoms with Crippen LogP contribution in [0.4, 0.5) is 0 Å². The van der Waals surface area contributed by atoms with Gasteiger partial charge in [-0.15, -0.1) is 0 Å². The van der Waals surface area contributed by atoms with Crippen LogP contribution in [0.15, 0.2) is 114 Å². The number of hydrogen-bond donors (Lipinski definition) is 0. The molecule has 0 unspecified atom stereocenters. The summed E-state index contributed by atoms with van der Waals surface area (Å²) < 4.78 is 19.2. The van der Waals surface area contributed by atoms with Crippen LogP contribution in [0, 0.1) is 0 Å². The van der Waals surface area contributed by atoms with Gasteiger partial charge in [0.15, 0.2) is 0 Å². The molecule has 1 saturated heterocycles. The van der Waals surface area contributed by atoms with E-state index in [0.29, 0.717) is 0 Å². The van der Waals surface area contributed by atoms with E-state index in [9.17, 15) is 0 Å². The second-order valence-electron chi connectivity index (χ2n) is 13.8. The highest BCUT2D eigenvalue weighted by Crippen LogP contribution is 2.40. The van der Waals surface area contributed by atoms with Crippen LogP contribution in [0.3, 0.4) is 0 Å². The van der Waals surface area contributed by atoms with Crippen LogP contribution < -0.4 is 5.46 Å². The topological polar surface area (TPSA) is 31.6 Å². The average molecular weight is 599 g/mol. The van der Waals surface area contributed by atoms with Crippen molar-refractivity contribution in [2.45, 2.75) is 51.7 Å². The fourth-order valence-corrected chi connectivity index (χ4v) is 7.41. The third kappa shape index (κ3) is 4.14. The summed E-state index contributed by atoms with van der Waals surface area (Å²) in [4.78, 5) is 0. The molecule has 1 aliphatic heterocycles. The largest absolute Gasteiger partial charge is 0.495 e. The minimum absolute atomic E-state index is 0.416. The van der Waals surface area contributed by atoms with E-state index in [-0.39, 0.29) is 0 Å². The Kier molecular flexibility index (Phi) is 5.97. The molecule has 9 rings (SSSR count). The maximum atomic E-state index is 6.46. The number of aryl methyl sites for hydroxylation is 1. The summed E-state index contributed by atoms with van der Waals surface area (Å²) in [6, 6.07) is 37.4. The summed E-state index contributed by atoms with van der Waals surface area (Å²) in [5.41, 5.74) is 9.50. The first kappa shape index (κ1) is 27.7. The third-order valence-corrected chi connectivity index (χ3v) is 10.6. The van der Waals surface area contributed by atoms with Crippen molar-refractivity contribution in [3.8, 4) is 22.3 Å². The molecule has 2 aliphatic rings. The van der Waals surface area contributed by atoms with Crippen molar-refractivity contribution in [3.05, 3.63) is 120 Å². The van der Waals surface area contributed by atoms with Crippen LogP contribution in [0.1, 0.15) is 45.2 Å². The van der Waals surface area contributed by atoms with Gasteiger partial charge in [-0.3, -0.25) is 0 Å². The number of furan rings is 1. The van der Waals surface area contributed by atoms with Crippen LogP contribution in [0.25, 0.3) is 71.8 Å². The van der Waals surface area contributed by atoms with Crippen molar-refractivity contribution in [2.75, 3.05) is 0 Å². The lowest BCUT2D eigenvalue weighted by molar-refractivity contribution is 0.00578. The van der Waals surface area contributed by atoms with E-state index in [1.165, 1.54) is 49.4 Å². The van der Waals surface area contributed by atoms with Crippen LogP contribution >= 0.6 is 0 Å². The molecular weight excluding hydrogens is 563 g/mol. The normalized spacial score (nSPS) is 17.0. The first-order valence-electron chi connectivity index (χ1n) is 16.3. The molecule has 1 fully saturated rings. The van der Waals surface area contributed by atoms with E-state index in [1.54, 1.807) is 0 Å².